The molecule has 1 atom stereocenters. The van der Waals surface area contributed by atoms with Crippen LogP contribution < -0.4 is 16.0 Å². The molecule has 0 aliphatic carbocycles. The summed E-state index contributed by atoms with van der Waals surface area (Å²) >= 11 is 5.96. The normalized spacial score (nSPS) is 17.3. The molecular weight excluding hydrogens is 329 g/mol. The summed E-state index contributed by atoms with van der Waals surface area (Å²) in [5.41, 5.74) is 0.860. The zero-order chi connectivity index (χ0) is 15.2. The topological polar surface area (TPSA) is 79.5 Å². The van der Waals surface area contributed by atoms with Gasteiger partial charge in [-0.05, 0) is 18.2 Å². The van der Waals surface area contributed by atoms with E-state index in [0.717, 1.165) is 6.54 Å². The Hall–Kier alpha value is -1.34. The zero-order valence-electron chi connectivity index (χ0n) is 12.1. The van der Waals surface area contributed by atoms with Gasteiger partial charge in [0.05, 0.1) is 29.7 Å². The van der Waals surface area contributed by atoms with Gasteiger partial charge in [0.25, 0.3) is 5.91 Å². The predicted molar refractivity (Wildman–Crippen MR) is 87.9 cm³/mol. The lowest BCUT2D eigenvalue weighted by Crippen LogP contribution is -2.40. The molecule has 0 bridgehead atoms. The van der Waals surface area contributed by atoms with Gasteiger partial charge in [-0.25, -0.2) is 0 Å². The SMILES string of the molecule is CNC(=O)c1cc(NC(=O)CC2CNCCO2)ccc1Cl.Cl. The summed E-state index contributed by atoms with van der Waals surface area (Å²) in [6.07, 6.45) is 0.148. The Kier molecular flexibility index (Phi) is 7.61. The number of carbonyl (C=O) groups is 2. The first-order valence-corrected chi connectivity index (χ1v) is 7.11. The van der Waals surface area contributed by atoms with Crippen molar-refractivity contribution in [3.05, 3.63) is 28.8 Å². The van der Waals surface area contributed by atoms with Gasteiger partial charge in [0, 0.05) is 25.8 Å². The van der Waals surface area contributed by atoms with Crippen LogP contribution in [-0.2, 0) is 9.53 Å². The van der Waals surface area contributed by atoms with Gasteiger partial charge in [-0.3, -0.25) is 9.59 Å². The van der Waals surface area contributed by atoms with Crippen LogP contribution in [-0.4, -0.2) is 44.7 Å². The lowest BCUT2D eigenvalue weighted by molar-refractivity contribution is -0.119. The number of benzene rings is 1. The van der Waals surface area contributed by atoms with E-state index < -0.39 is 0 Å². The van der Waals surface area contributed by atoms with Gasteiger partial charge in [0.2, 0.25) is 5.91 Å². The van der Waals surface area contributed by atoms with Crippen LogP contribution in [0.4, 0.5) is 5.69 Å². The third-order valence-electron chi connectivity index (χ3n) is 3.14. The van der Waals surface area contributed by atoms with Crippen molar-refractivity contribution in [1.82, 2.24) is 10.6 Å². The van der Waals surface area contributed by atoms with Gasteiger partial charge in [-0.2, -0.15) is 0 Å². The van der Waals surface area contributed by atoms with E-state index in [1.54, 1.807) is 18.2 Å². The number of anilines is 1. The fourth-order valence-corrected chi connectivity index (χ4v) is 2.28. The molecule has 1 saturated heterocycles. The third-order valence-corrected chi connectivity index (χ3v) is 3.47. The molecule has 8 heteroatoms. The molecule has 1 unspecified atom stereocenters. The first-order chi connectivity index (χ1) is 10.1. The molecule has 0 spiro atoms. The van der Waals surface area contributed by atoms with Crippen LogP contribution in [0.1, 0.15) is 16.8 Å². The Morgan fingerprint density at radius 1 is 1.45 bits per heavy atom. The maximum Gasteiger partial charge on any atom is 0.252 e. The Morgan fingerprint density at radius 2 is 2.23 bits per heavy atom. The van der Waals surface area contributed by atoms with Crippen molar-refractivity contribution >= 4 is 41.5 Å². The van der Waals surface area contributed by atoms with E-state index in [9.17, 15) is 9.59 Å². The van der Waals surface area contributed by atoms with E-state index in [2.05, 4.69) is 16.0 Å². The van der Waals surface area contributed by atoms with Gasteiger partial charge < -0.3 is 20.7 Å². The molecule has 0 radical (unpaired) electrons. The number of rotatable bonds is 4. The Bertz CT molecular complexity index is 534. The molecule has 1 heterocycles. The van der Waals surface area contributed by atoms with Crippen LogP contribution in [0.2, 0.25) is 5.02 Å². The zero-order valence-corrected chi connectivity index (χ0v) is 13.7. The standard InChI is InChI=1S/C14H18ClN3O3.ClH/c1-16-14(20)11-6-9(2-3-12(11)15)18-13(19)7-10-8-17-4-5-21-10;/h2-3,6,10,17H,4-5,7-8H2,1H3,(H,16,20)(H,18,19);1H. The summed E-state index contributed by atoms with van der Waals surface area (Å²) in [7, 11) is 1.53. The highest BCUT2D eigenvalue weighted by Gasteiger charge is 2.18. The van der Waals surface area contributed by atoms with Gasteiger partial charge in [-0.1, -0.05) is 11.6 Å². The molecule has 0 aromatic heterocycles. The monoisotopic (exact) mass is 347 g/mol. The van der Waals surface area contributed by atoms with Crippen LogP contribution in [0, 0.1) is 0 Å². The molecule has 6 nitrogen and oxygen atoms in total. The smallest absolute Gasteiger partial charge is 0.252 e. The number of hydrogen-bond donors (Lipinski definition) is 3. The van der Waals surface area contributed by atoms with Crippen LogP contribution in [0.25, 0.3) is 0 Å². The lowest BCUT2D eigenvalue weighted by atomic mass is 10.1. The molecule has 22 heavy (non-hydrogen) atoms. The summed E-state index contributed by atoms with van der Waals surface area (Å²) < 4.78 is 5.48. The summed E-state index contributed by atoms with van der Waals surface area (Å²) in [5.74, 6) is -0.454. The second-order valence-corrected chi connectivity index (χ2v) is 5.13. The molecule has 1 aromatic carbocycles. The van der Waals surface area contributed by atoms with Crippen molar-refractivity contribution in [3.63, 3.8) is 0 Å². The van der Waals surface area contributed by atoms with Crippen molar-refractivity contribution < 1.29 is 14.3 Å². The molecule has 3 N–H and O–H groups in total. The Balaban J connectivity index is 0.00000242. The summed E-state index contributed by atoms with van der Waals surface area (Å²) in [4.78, 5) is 23.6. The maximum absolute atomic E-state index is 12.0. The van der Waals surface area contributed by atoms with Crippen molar-refractivity contribution in [3.8, 4) is 0 Å². The summed E-state index contributed by atoms with van der Waals surface area (Å²) in [6, 6.07) is 4.80. The molecule has 2 amide bonds. The van der Waals surface area contributed by atoms with Crippen LogP contribution in [0.5, 0.6) is 0 Å². The Morgan fingerprint density at radius 3 is 2.86 bits per heavy atom. The first-order valence-electron chi connectivity index (χ1n) is 6.74. The molecule has 2 rings (SSSR count). The highest BCUT2D eigenvalue weighted by molar-refractivity contribution is 6.34. The minimum atomic E-state index is -0.295. The second-order valence-electron chi connectivity index (χ2n) is 4.72. The second kappa shape index (κ2) is 8.95. The summed E-state index contributed by atoms with van der Waals surface area (Å²) in [5, 5.41) is 8.76. The fraction of sp³-hybridized carbons (Fsp3) is 0.429. The number of amides is 2. The maximum atomic E-state index is 12.0. The number of ether oxygens (including phenoxy) is 1. The van der Waals surface area contributed by atoms with Crippen LogP contribution >= 0.6 is 24.0 Å². The molecule has 1 aromatic rings. The molecule has 0 saturated carbocycles. The van der Waals surface area contributed by atoms with Crippen molar-refractivity contribution in [1.29, 1.82) is 0 Å². The van der Waals surface area contributed by atoms with Crippen LogP contribution in [0.3, 0.4) is 0 Å². The summed E-state index contributed by atoms with van der Waals surface area (Å²) in [6.45, 7) is 2.09. The fourth-order valence-electron chi connectivity index (χ4n) is 2.08. The number of nitrogens with one attached hydrogen (secondary N) is 3. The van der Waals surface area contributed by atoms with E-state index in [0.29, 0.717) is 29.4 Å². The van der Waals surface area contributed by atoms with Crippen molar-refractivity contribution in [2.24, 2.45) is 0 Å². The molecule has 1 aliphatic rings. The van der Waals surface area contributed by atoms with E-state index in [4.69, 9.17) is 16.3 Å². The molecule has 1 fully saturated rings. The highest BCUT2D eigenvalue weighted by atomic mass is 35.5. The molecule has 1 aliphatic heterocycles. The Labute approximate surface area is 140 Å². The molecule has 122 valence electrons. The van der Waals surface area contributed by atoms with Crippen molar-refractivity contribution in [2.45, 2.75) is 12.5 Å². The first kappa shape index (κ1) is 18.7. The largest absolute Gasteiger partial charge is 0.375 e. The van der Waals surface area contributed by atoms with Crippen molar-refractivity contribution in [2.75, 3.05) is 32.1 Å². The third kappa shape index (κ3) is 5.14. The number of halogens is 2. The van der Waals surface area contributed by atoms with E-state index in [-0.39, 0.29) is 36.7 Å². The van der Waals surface area contributed by atoms with E-state index >= 15 is 0 Å². The highest BCUT2D eigenvalue weighted by Crippen LogP contribution is 2.21. The minimum absolute atomic E-state index is 0. The predicted octanol–water partition coefficient (Wildman–Crippen LogP) is 1.44. The van der Waals surface area contributed by atoms with Gasteiger partial charge in [0.15, 0.2) is 0 Å². The molecular formula is C14H19Cl2N3O3. The van der Waals surface area contributed by atoms with Gasteiger partial charge in [0.1, 0.15) is 0 Å². The van der Waals surface area contributed by atoms with Gasteiger partial charge in [-0.15, -0.1) is 12.4 Å². The van der Waals surface area contributed by atoms with E-state index in [1.165, 1.54) is 7.05 Å². The lowest BCUT2D eigenvalue weighted by Gasteiger charge is -2.23. The average Bonchev–Trinajstić information content (AvgIpc) is 2.49. The number of carbonyl (C=O) groups excluding carboxylic acids is 2. The minimum Gasteiger partial charge on any atom is -0.375 e. The average molecular weight is 348 g/mol. The quantitative estimate of drug-likeness (QED) is 0.769. The number of hydrogen-bond acceptors (Lipinski definition) is 4. The van der Waals surface area contributed by atoms with Gasteiger partial charge >= 0.3 is 0 Å². The number of morpholine rings is 1. The van der Waals surface area contributed by atoms with E-state index in [1.807, 2.05) is 0 Å². The van der Waals surface area contributed by atoms with Crippen LogP contribution in [0.15, 0.2) is 18.2 Å².